The number of para-hydroxylation sites is 1. The quantitative estimate of drug-likeness (QED) is 0.797. The van der Waals surface area contributed by atoms with Gasteiger partial charge in [0.1, 0.15) is 0 Å². The van der Waals surface area contributed by atoms with Crippen molar-refractivity contribution >= 4 is 11.6 Å². The minimum absolute atomic E-state index is 0.0983. The number of benzene rings is 2. The highest BCUT2D eigenvalue weighted by molar-refractivity contribution is 6.30. The average Bonchev–Trinajstić information content (AvgIpc) is 2.93. The zero-order valence-electron chi connectivity index (χ0n) is 11.4. The molecule has 3 nitrogen and oxygen atoms in total. The van der Waals surface area contributed by atoms with Crippen LogP contribution in [-0.2, 0) is 6.42 Å². The standard InChI is InChI=1S/C17H15ClN2O/c18-15-8-6-13(7-9-15)17-14(10-11-21)12-20(19-17)16-4-2-1-3-5-16/h1-9,12,21H,10-11H2. The second-order valence-corrected chi connectivity index (χ2v) is 5.20. The van der Waals surface area contributed by atoms with Crippen molar-refractivity contribution in [2.45, 2.75) is 6.42 Å². The molecule has 1 heterocycles. The number of aromatic nitrogens is 2. The molecule has 3 rings (SSSR count). The van der Waals surface area contributed by atoms with Crippen LogP contribution in [-0.4, -0.2) is 21.5 Å². The second-order valence-electron chi connectivity index (χ2n) is 4.76. The maximum absolute atomic E-state index is 9.26. The lowest BCUT2D eigenvalue weighted by molar-refractivity contribution is 0.300. The third kappa shape index (κ3) is 2.99. The molecule has 0 atom stereocenters. The molecule has 21 heavy (non-hydrogen) atoms. The van der Waals surface area contributed by atoms with Crippen molar-refractivity contribution in [1.82, 2.24) is 9.78 Å². The molecule has 0 saturated carbocycles. The van der Waals surface area contributed by atoms with Crippen LogP contribution >= 0.6 is 11.6 Å². The molecule has 0 fully saturated rings. The molecule has 0 amide bonds. The molecule has 0 radical (unpaired) electrons. The van der Waals surface area contributed by atoms with Crippen molar-refractivity contribution < 1.29 is 5.11 Å². The molecular formula is C17H15ClN2O. The maximum atomic E-state index is 9.26. The van der Waals surface area contributed by atoms with E-state index in [2.05, 4.69) is 5.10 Å². The molecule has 2 aromatic carbocycles. The summed E-state index contributed by atoms with van der Waals surface area (Å²) in [5.41, 5.74) is 3.89. The fourth-order valence-electron chi connectivity index (χ4n) is 2.28. The first-order valence-electron chi connectivity index (χ1n) is 6.78. The van der Waals surface area contributed by atoms with Gasteiger partial charge in [-0.1, -0.05) is 41.9 Å². The van der Waals surface area contributed by atoms with E-state index in [9.17, 15) is 5.11 Å². The topological polar surface area (TPSA) is 38.0 Å². The molecule has 1 aromatic heterocycles. The van der Waals surface area contributed by atoms with Crippen molar-refractivity contribution in [2.75, 3.05) is 6.61 Å². The molecule has 0 aliphatic heterocycles. The smallest absolute Gasteiger partial charge is 0.0960 e. The summed E-state index contributed by atoms with van der Waals surface area (Å²) in [4.78, 5) is 0. The molecule has 1 N–H and O–H groups in total. The minimum atomic E-state index is 0.0983. The third-order valence-corrected chi connectivity index (χ3v) is 3.56. The Bertz CT molecular complexity index is 720. The van der Waals surface area contributed by atoms with Gasteiger partial charge in [-0.3, -0.25) is 0 Å². The number of aliphatic hydroxyl groups is 1. The van der Waals surface area contributed by atoms with E-state index in [4.69, 9.17) is 11.6 Å². The lowest BCUT2D eigenvalue weighted by atomic mass is 10.1. The SMILES string of the molecule is OCCc1cn(-c2ccccc2)nc1-c1ccc(Cl)cc1. The van der Waals surface area contributed by atoms with Gasteiger partial charge in [-0.2, -0.15) is 5.10 Å². The van der Waals surface area contributed by atoms with Crippen molar-refractivity contribution in [2.24, 2.45) is 0 Å². The summed E-state index contributed by atoms with van der Waals surface area (Å²) in [5.74, 6) is 0. The van der Waals surface area contributed by atoms with Crippen LogP contribution in [0.2, 0.25) is 5.02 Å². The van der Waals surface area contributed by atoms with Crippen LogP contribution in [0.25, 0.3) is 16.9 Å². The summed E-state index contributed by atoms with van der Waals surface area (Å²) in [7, 11) is 0. The predicted molar refractivity (Wildman–Crippen MR) is 84.8 cm³/mol. The molecule has 4 heteroatoms. The molecule has 0 aliphatic rings. The number of rotatable bonds is 4. The Kier molecular flexibility index (Phi) is 4.04. The number of hydrogen-bond donors (Lipinski definition) is 1. The monoisotopic (exact) mass is 298 g/mol. The van der Waals surface area contributed by atoms with Crippen LogP contribution in [0.4, 0.5) is 0 Å². The summed E-state index contributed by atoms with van der Waals surface area (Å²) in [5, 5.41) is 14.6. The summed E-state index contributed by atoms with van der Waals surface area (Å²) >= 11 is 5.94. The first kappa shape index (κ1) is 13.9. The highest BCUT2D eigenvalue weighted by Crippen LogP contribution is 2.25. The van der Waals surface area contributed by atoms with Crippen molar-refractivity contribution in [3.63, 3.8) is 0 Å². The minimum Gasteiger partial charge on any atom is -0.396 e. The Morgan fingerprint density at radius 2 is 1.71 bits per heavy atom. The maximum Gasteiger partial charge on any atom is 0.0960 e. The molecule has 0 saturated heterocycles. The van der Waals surface area contributed by atoms with Crippen molar-refractivity contribution in [3.05, 3.63) is 71.4 Å². The third-order valence-electron chi connectivity index (χ3n) is 3.31. The predicted octanol–water partition coefficient (Wildman–Crippen LogP) is 3.73. The Balaban J connectivity index is 2.06. The summed E-state index contributed by atoms with van der Waals surface area (Å²) in [6.07, 6.45) is 2.54. The van der Waals surface area contributed by atoms with Crippen LogP contribution in [0.15, 0.2) is 60.8 Å². The van der Waals surface area contributed by atoms with Crippen LogP contribution in [0.5, 0.6) is 0 Å². The molecule has 0 bridgehead atoms. The van der Waals surface area contributed by atoms with E-state index in [0.717, 1.165) is 22.5 Å². The lowest BCUT2D eigenvalue weighted by Crippen LogP contribution is -1.93. The van der Waals surface area contributed by atoms with Crippen LogP contribution < -0.4 is 0 Å². The molecule has 3 aromatic rings. The van der Waals surface area contributed by atoms with Gasteiger partial charge < -0.3 is 5.11 Å². The normalized spacial score (nSPS) is 10.8. The zero-order chi connectivity index (χ0) is 14.7. The van der Waals surface area contributed by atoms with Gasteiger partial charge in [-0.15, -0.1) is 0 Å². The second kappa shape index (κ2) is 6.12. The fourth-order valence-corrected chi connectivity index (χ4v) is 2.40. The summed E-state index contributed by atoms with van der Waals surface area (Å²) in [6, 6.07) is 17.5. The van der Waals surface area contributed by atoms with Gasteiger partial charge in [-0.25, -0.2) is 4.68 Å². The summed E-state index contributed by atoms with van der Waals surface area (Å²) in [6.45, 7) is 0.0983. The average molecular weight is 299 g/mol. The number of halogens is 1. The van der Waals surface area contributed by atoms with Gasteiger partial charge in [0.05, 0.1) is 11.4 Å². The van der Waals surface area contributed by atoms with Crippen LogP contribution in [0.1, 0.15) is 5.56 Å². The van der Waals surface area contributed by atoms with Crippen molar-refractivity contribution in [1.29, 1.82) is 0 Å². The van der Waals surface area contributed by atoms with E-state index < -0.39 is 0 Å². The van der Waals surface area contributed by atoms with Gasteiger partial charge in [0, 0.05) is 29.0 Å². The largest absolute Gasteiger partial charge is 0.396 e. The van der Waals surface area contributed by atoms with Crippen LogP contribution in [0, 0.1) is 0 Å². The fraction of sp³-hybridized carbons (Fsp3) is 0.118. The van der Waals surface area contributed by atoms with E-state index in [-0.39, 0.29) is 6.61 Å². The Morgan fingerprint density at radius 1 is 1.00 bits per heavy atom. The van der Waals surface area contributed by atoms with E-state index in [0.29, 0.717) is 11.4 Å². The zero-order valence-corrected chi connectivity index (χ0v) is 12.2. The molecule has 0 unspecified atom stereocenters. The van der Waals surface area contributed by atoms with Gasteiger partial charge in [0.15, 0.2) is 0 Å². The van der Waals surface area contributed by atoms with E-state index in [1.165, 1.54) is 0 Å². The highest BCUT2D eigenvalue weighted by Gasteiger charge is 2.11. The molecule has 0 aliphatic carbocycles. The molecule has 0 spiro atoms. The van der Waals surface area contributed by atoms with Gasteiger partial charge in [-0.05, 0) is 30.7 Å². The van der Waals surface area contributed by atoms with Crippen LogP contribution in [0.3, 0.4) is 0 Å². The summed E-state index contributed by atoms with van der Waals surface area (Å²) < 4.78 is 1.84. The Labute approximate surface area is 128 Å². The van der Waals surface area contributed by atoms with E-state index >= 15 is 0 Å². The van der Waals surface area contributed by atoms with Crippen molar-refractivity contribution in [3.8, 4) is 16.9 Å². The first-order valence-corrected chi connectivity index (χ1v) is 7.16. The van der Waals surface area contributed by atoms with Gasteiger partial charge >= 0.3 is 0 Å². The lowest BCUT2D eigenvalue weighted by Gasteiger charge is -2.01. The van der Waals surface area contributed by atoms with Gasteiger partial charge in [0.25, 0.3) is 0 Å². The highest BCUT2D eigenvalue weighted by atomic mass is 35.5. The first-order chi connectivity index (χ1) is 10.3. The molecular weight excluding hydrogens is 284 g/mol. The Morgan fingerprint density at radius 3 is 2.38 bits per heavy atom. The van der Waals surface area contributed by atoms with Gasteiger partial charge in [0.2, 0.25) is 0 Å². The Hall–Kier alpha value is -2.10. The molecule has 106 valence electrons. The van der Waals surface area contributed by atoms with E-state index in [1.807, 2.05) is 65.5 Å². The number of aliphatic hydroxyl groups excluding tert-OH is 1. The van der Waals surface area contributed by atoms with E-state index in [1.54, 1.807) is 0 Å². The number of nitrogens with zero attached hydrogens (tertiary/aromatic N) is 2. The number of hydrogen-bond acceptors (Lipinski definition) is 2.